The summed E-state index contributed by atoms with van der Waals surface area (Å²) in [6, 6.07) is 0. The van der Waals surface area contributed by atoms with Gasteiger partial charge in [0.1, 0.15) is 0 Å². The van der Waals surface area contributed by atoms with Crippen LogP contribution in [0.15, 0.2) is 0 Å². The maximum atomic E-state index is 6.06. The van der Waals surface area contributed by atoms with Crippen LogP contribution in [0.3, 0.4) is 0 Å². The quantitative estimate of drug-likeness (QED) is 0.699. The van der Waals surface area contributed by atoms with Crippen molar-refractivity contribution in [3.8, 4) is 0 Å². The topological polar surface area (TPSA) is 25.1 Å². The van der Waals surface area contributed by atoms with E-state index in [9.17, 15) is 0 Å². The summed E-state index contributed by atoms with van der Waals surface area (Å²) in [6.45, 7) is 17.9. The molecule has 0 amide bonds. The van der Waals surface area contributed by atoms with Crippen molar-refractivity contribution in [3.63, 3.8) is 0 Å². The predicted molar refractivity (Wildman–Crippen MR) is 70.1 cm³/mol. The van der Waals surface area contributed by atoms with Gasteiger partial charge in [-0.3, -0.25) is 0 Å². The van der Waals surface area contributed by atoms with Gasteiger partial charge < -0.3 is 9.47 Å². The molecule has 0 aromatic carbocycles. The molecule has 2 heteroatoms. The average Bonchev–Trinajstić information content (AvgIpc) is 2.87. The van der Waals surface area contributed by atoms with E-state index in [2.05, 4.69) is 55.4 Å². The molecule has 100 valence electrons. The van der Waals surface area contributed by atoms with E-state index in [1.165, 1.54) is 0 Å². The van der Waals surface area contributed by atoms with Gasteiger partial charge in [-0.05, 0) is 52.9 Å². The molecule has 0 bridgehead atoms. The minimum atomic E-state index is 0.0276. The first-order valence-corrected chi connectivity index (χ1v) is 6.89. The summed E-state index contributed by atoms with van der Waals surface area (Å²) in [5.74, 6) is 1.10. The number of hydrogen-bond donors (Lipinski definition) is 0. The molecular weight excluding hydrogens is 212 g/mol. The van der Waals surface area contributed by atoms with Gasteiger partial charge in [0.15, 0.2) is 0 Å². The molecule has 2 aliphatic heterocycles. The van der Waals surface area contributed by atoms with Gasteiger partial charge in [-0.25, -0.2) is 0 Å². The zero-order chi connectivity index (χ0) is 13.3. The van der Waals surface area contributed by atoms with E-state index in [0.29, 0.717) is 11.8 Å². The second-order valence-electron chi connectivity index (χ2n) is 7.42. The van der Waals surface area contributed by atoms with Crippen LogP contribution in [-0.4, -0.2) is 22.4 Å². The van der Waals surface area contributed by atoms with Crippen LogP contribution in [0.25, 0.3) is 0 Å². The largest absolute Gasteiger partial charge is 0.363 e. The Morgan fingerprint density at radius 1 is 0.824 bits per heavy atom. The molecule has 0 aliphatic carbocycles. The third kappa shape index (κ3) is 1.67. The molecule has 2 fully saturated rings. The molecular formula is C15H28O2. The summed E-state index contributed by atoms with van der Waals surface area (Å²) in [6.07, 6.45) is 1.08. The van der Waals surface area contributed by atoms with Crippen LogP contribution in [0.5, 0.6) is 0 Å². The molecule has 2 rings (SSSR count). The van der Waals surface area contributed by atoms with Gasteiger partial charge >= 0.3 is 0 Å². The zero-order valence-corrected chi connectivity index (χ0v) is 12.7. The van der Waals surface area contributed by atoms with Crippen LogP contribution >= 0.6 is 0 Å². The van der Waals surface area contributed by atoms with Crippen LogP contribution in [0.4, 0.5) is 0 Å². The highest BCUT2D eigenvalue weighted by Gasteiger charge is 2.69. The van der Waals surface area contributed by atoms with E-state index in [4.69, 9.17) is 9.47 Å². The summed E-state index contributed by atoms with van der Waals surface area (Å²) >= 11 is 0. The van der Waals surface area contributed by atoms with Crippen molar-refractivity contribution in [1.29, 1.82) is 0 Å². The Morgan fingerprint density at radius 3 is 1.59 bits per heavy atom. The summed E-state index contributed by atoms with van der Waals surface area (Å²) in [5.41, 5.74) is 0.147. The molecule has 0 saturated carbocycles. The molecule has 17 heavy (non-hydrogen) atoms. The van der Waals surface area contributed by atoms with Crippen molar-refractivity contribution in [2.45, 2.75) is 84.2 Å². The number of hydrogen-bond acceptors (Lipinski definition) is 2. The molecule has 0 aromatic heterocycles. The molecule has 2 saturated heterocycles. The molecule has 2 aliphatic rings. The van der Waals surface area contributed by atoms with Gasteiger partial charge in [-0.2, -0.15) is 0 Å². The molecule has 2 heterocycles. The summed E-state index contributed by atoms with van der Waals surface area (Å²) in [4.78, 5) is 0. The van der Waals surface area contributed by atoms with Gasteiger partial charge in [-0.1, -0.05) is 20.8 Å². The second-order valence-corrected chi connectivity index (χ2v) is 7.42. The van der Waals surface area contributed by atoms with Crippen molar-refractivity contribution >= 4 is 0 Å². The SMILES string of the molecule is CC(CC1(C)OC1(C)C(C)C)C1(C)OC1(C)C. The Labute approximate surface area is 106 Å². The third-order valence-corrected chi connectivity index (χ3v) is 5.80. The normalized spacial score (nSPS) is 49.2. The van der Waals surface area contributed by atoms with Crippen LogP contribution in [0.1, 0.15) is 61.8 Å². The standard InChI is InChI=1S/C15H28O2/c1-10(2)14(7)13(6,17-14)9-11(3)15(8)12(4,5)16-15/h10-11H,9H2,1-8H3. The lowest BCUT2D eigenvalue weighted by molar-refractivity contribution is 0.188. The molecule has 2 nitrogen and oxygen atoms in total. The molecule has 0 spiro atoms. The van der Waals surface area contributed by atoms with Crippen molar-refractivity contribution in [3.05, 3.63) is 0 Å². The first-order valence-electron chi connectivity index (χ1n) is 6.89. The minimum absolute atomic E-state index is 0.0276. The van der Waals surface area contributed by atoms with Gasteiger partial charge in [0.2, 0.25) is 0 Å². The molecule has 4 unspecified atom stereocenters. The Bertz CT molecular complexity index is 336. The van der Waals surface area contributed by atoms with Crippen LogP contribution in [-0.2, 0) is 9.47 Å². The zero-order valence-electron chi connectivity index (χ0n) is 12.7. The fourth-order valence-corrected chi connectivity index (χ4v) is 3.39. The van der Waals surface area contributed by atoms with E-state index in [1.807, 2.05) is 0 Å². The van der Waals surface area contributed by atoms with Gasteiger partial charge in [0.05, 0.1) is 22.4 Å². The highest BCUT2D eigenvalue weighted by Crippen LogP contribution is 2.60. The molecule has 0 radical (unpaired) electrons. The van der Waals surface area contributed by atoms with Crippen LogP contribution < -0.4 is 0 Å². The highest BCUT2D eigenvalue weighted by molar-refractivity contribution is 5.17. The Balaban J connectivity index is 2.01. The lowest BCUT2D eigenvalue weighted by Gasteiger charge is -2.23. The monoisotopic (exact) mass is 240 g/mol. The third-order valence-electron chi connectivity index (χ3n) is 5.80. The van der Waals surface area contributed by atoms with Crippen LogP contribution in [0, 0.1) is 11.8 Å². The van der Waals surface area contributed by atoms with Gasteiger partial charge in [0.25, 0.3) is 0 Å². The van der Waals surface area contributed by atoms with Crippen molar-refractivity contribution in [2.75, 3.05) is 0 Å². The second kappa shape index (κ2) is 3.27. The van der Waals surface area contributed by atoms with E-state index in [-0.39, 0.29) is 22.4 Å². The van der Waals surface area contributed by atoms with Crippen LogP contribution in [0.2, 0.25) is 0 Å². The molecule has 4 atom stereocenters. The van der Waals surface area contributed by atoms with E-state index >= 15 is 0 Å². The molecule has 0 N–H and O–H groups in total. The lowest BCUT2D eigenvalue weighted by Crippen LogP contribution is -2.33. The number of rotatable bonds is 4. The Morgan fingerprint density at radius 2 is 1.29 bits per heavy atom. The summed E-state index contributed by atoms with van der Waals surface area (Å²) in [7, 11) is 0. The van der Waals surface area contributed by atoms with E-state index in [0.717, 1.165) is 6.42 Å². The predicted octanol–water partition coefficient (Wildman–Crippen LogP) is 3.78. The summed E-state index contributed by atoms with van der Waals surface area (Å²) < 4.78 is 12.0. The van der Waals surface area contributed by atoms with Gasteiger partial charge in [0, 0.05) is 0 Å². The fraction of sp³-hybridized carbons (Fsp3) is 1.00. The Hall–Kier alpha value is -0.0800. The maximum absolute atomic E-state index is 6.06. The fourth-order valence-electron chi connectivity index (χ4n) is 3.39. The van der Waals surface area contributed by atoms with Crippen molar-refractivity contribution in [2.24, 2.45) is 11.8 Å². The Kier molecular flexibility index (Phi) is 2.57. The minimum Gasteiger partial charge on any atom is -0.363 e. The number of epoxide rings is 2. The van der Waals surface area contributed by atoms with Crippen molar-refractivity contribution < 1.29 is 9.47 Å². The first-order chi connectivity index (χ1) is 7.49. The lowest BCUT2D eigenvalue weighted by atomic mass is 9.76. The maximum Gasteiger partial charge on any atom is 0.0972 e. The average molecular weight is 240 g/mol. The van der Waals surface area contributed by atoms with Crippen molar-refractivity contribution in [1.82, 2.24) is 0 Å². The van der Waals surface area contributed by atoms with E-state index < -0.39 is 0 Å². The molecule has 0 aromatic rings. The van der Waals surface area contributed by atoms with Gasteiger partial charge in [-0.15, -0.1) is 0 Å². The first kappa shape index (κ1) is 13.4. The highest BCUT2D eigenvalue weighted by atomic mass is 16.6. The van der Waals surface area contributed by atoms with E-state index in [1.54, 1.807) is 0 Å². The smallest absolute Gasteiger partial charge is 0.0972 e. The summed E-state index contributed by atoms with van der Waals surface area (Å²) in [5, 5.41) is 0. The number of ether oxygens (including phenoxy) is 2.